The average molecular weight is 514 g/mol. The fourth-order valence-electron chi connectivity index (χ4n) is 4.74. The average Bonchev–Trinajstić information content (AvgIpc) is 3.17. The molecule has 1 aliphatic rings. The van der Waals surface area contributed by atoms with Crippen molar-refractivity contribution >= 4 is 23.1 Å². The van der Waals surface area contributed by atoms with Crippen LogP contribution in [0.25, 0.3) is 5.76 Å². The lowest BCUT2D eigenvalue weighted by Gasteiger charge is -2.27. The van der Waals surface area contributed by atoms with Gasteiger partial charge in [-0.2, -0.15) is 0 Å². The highest BCUT2D eigenvalue weighted by Crippen LogP contribution is 2.43. The molecule has 1 amide bonds. The fourth-order valence-corrected chi connectivity index (χ4v) is 4.74. The number of ether oxygens (including phenoxy) is 2. The number of aliphatic hydroxyl groups is 1. The summed E-state index contributed by atoms with van der Waals surface area (Å²) in [6.45, 7) is 10.6. The van der Waals surface area contributed by atoms with Crippen molar-refractivity contribution in [2.75, 3.05) is 19.1 Å². The van der Waals surface area contributed by atoms with Gasteiger partial charge in [-0.05, 0) is 58.4 Å². The summed E-state index contributed by atoms with van der Waals surface area (Å²) in [6, 6.07) is 19.6. The van der Waals surface area contributed by atoms with E-state index in [9.17, 15) is 14.7 Å². The lowest BCUT2D eigenvalue weighted by Crippen LogP contribution is -2.29. The van der Waals surface area contributed by atoms with Crippen molar-refractivity contribution < 1.29 is 24.2 Å². The highest BCUT2D eigenvalue weighted by atomic mass is 16.5. The molecule has 1 fully saturated rings. The first-order valence-corrected chi connectivity index (χ1v) is 12.7. The Balaban J connectivity index is 1.91. The minimum atomic E-state index is -0.804. The van der Waals surface area contributed by atoms with Gasteiger partial charge < -0.3 is 14.6 Å². The van der Waals surface area contributed by atoms with Crippen molar-refractivity contribution in [2.45, 2.75) is 52.0 Å². The number of rotatable bonds is 6. The maximum absolute atomic E-state index is 13.5. The summed E-state index contributed by atoms with van der Waals surface area (Å²) >= 11 is 0. The minimum Gasteiger partial charge on any atom is -0.507 e. The number of carbonyl (C=O) groups is 2. The standard InChI is InChI=1S/C32H35NO5/c1-19(2)20-10-15-24(16-11-20)33-28(21-8-13-23(14-9-21)32(3,4)5)27(30(35)31(33)36)29(34)22-12-17-25(37-6)26(18-22)38-7/h8-19,28,34H,1-7H3/b29-27-. The van der Waals surface area contributed by atoms with Crippen LogP contribution in [0.2, 0.25) is 0 Å². The van der Waals surface area contributed by atoms with Crippen LogP contribution < -0.4 is 14.4 Å². The van der Waals surface area contributed by atoms with E-state index in [-0.39, 0.29) is 16.7 Å². The van der Waals surface area contributed by atoms with Crippen molar-refractivity contribution in [2.24, 2.45) is 0 Å². The van der Waals surface area contributed by atoms with E-state index in [4.69, 9.17) is 9.47 Å². The van der Waals surface area contributed by atoms with Crippen LogP contribution in [-0.4, -0.2) is 31.0 Å². The van der Waals surface area contributed by atoms with Crippen LogP contribution in [-0.2, 0) is 15.0 Å². The summed E-state index contributed by atoms with van der Waals surface area (Å²) in [4.78, 5) is 28.5. The first-order valence-electron chi connectivity index (χ1n) is 12.7. The second-order valence-electron chi connectivity index (χ2n) is 10.9. The lowest BCUT2D eigenvalue weighted by atomic mass is 9.85. The second kappa shape index (κ2) is 10.4. The lowest BCUT2D eigenvalue weighted by molar-refractivity contribution is -0.132. The molecule has 1 unspecified atom stereocenters. The molecule has 0 aromatic heterocycles. The molecule has 3 aromatic rings. The predicted molar refractivity (Wildman–Crippen MR) is 150 cm³/mol. The van der Waals surface area contributed by atoms with Crippen molar-refractivity contribution in [1.29, 1.82) is 0 Å². The molecule has 198 valence electrons. The Kier molecular flexibility index (Phi) is 7.36. The van der Waals surface area contributed by atoms with Gasteiger partial charge in [-0.3, -0.25) is 14.5 Å². The van der Waals surface area contributed by atoms with Crippen molar-refractivity contribution in [3.8, 4) is 11.5 Å². The summed E-state index contributed by atoms with van der Waals surface area (Å²) in [5.74, 6) is -0.477. The highest BCUT2D eigenvalue weighted by Gasteiger charge is 2.47. The summed E-state index contributed by atoms with van der Waals surface area (Å²) < 4.78 is 10.7. The number of anilines is 1. The van der Waals surface area contributed by atoms with Gasteiger partial charge in [-0.25, -0.2) is 0 Å². The molecule has 3 aromatic carbocycles. The second-order valence-corrected chi connectivity index (χ2v) is 10.9. The quantitative estimate of drug-likeness (QED) is 0.224. The van der Waals surface area contributed by atoms with E-state index in [1.807, 2.05) is 48.5 Å². The smallest absolute Gasteiger partial charge is 0.300 e. The number of nitrogens with zero attached hydrogens (tertiary/aromatic N) is 1. The SMILES string of the molecule is COc1ccc(/C(O)=C2/C(=O)C(=O)N(c3ccc(C(C)C)cc3)C2c2ccc(C(C)(C)C)cc2)cc1OC. The number of methoxy groups -OCH3 is 2. The monoisotopic (exact) mass is 513 g/mol. The number of hydrogen-bond donors (Lipinski definition) is 1. The van der Waals surface area contributed by atoms with Crippen LogP contribution >= 0.6 is 0 Å². The van der Waals surface area contributed by atoms with Gasteiger partial charge in [0.05, 0.1) is 25.8 Å². The molecule has 0 spiro atoms. The number of hydrogen-bond acceptors (Lipinski definition) is 5. The van der Waals surface area contributed by atoms with E-state index in [1.165, 1.54) is 19.1 Å². The summed E-state index contributed by atoms with van der Waals surface area (Å²) in [7, 11) is 3.02. The van der Waals surface area contributed by atoms with Crippen LogP contribution in [0.15, 0.2) is 72.3 Å². The molecule has 6 heteroatoms. The third kappa shape index (κ3) is 4.91. The van der Waals surface area contributed by atoms with Gasteiger partial charge in [-0.15, -0.1) is 0 Å². The highest BCUT2D eigenvalue weighted by molar-refractivity contribution is 6.51. The summed E-state index contributed by atoms with van der Waals surface area (Å²) in [5, 5.41) is 11.5. The topological polar surface area (TPSA) is 76.1 Å². The number of benzene rings is 3. The molecule has 1 heterocycles. The van der Waals surface area contributed by atoms with E-state index >= 15 is 0 Å². The molecule has 1 aliphatic heterocycles. The maximum Gasteiger partial charge on any atom is 0.300 e. The molecule has 0 radical (unpaired) electrons. The van der Waals surface area contributed by atoms with Crippen molar-refractivity contribution in [3.05, 3.63) is 94.6 Å². The zero-order chi connectivity index (χ0) is 27.8. The van der Waals surface area contributed by atoms with E-state index in [2.05, 4.69) is 34.6 Å². The number of Topliss-reactive ketones (excluding diaryl/α,β-unsaturated/α-hetero) is 1. The molecule has 4 rings (SSSR count). The molecule has 6 nitrogen and oxygen atoms in total. The molecular weight excluding hydrogens is 478 g/mol. The molecule has 38 heavy (non-hydrogen) atoms. The Morgan fingerprint density at radius 1 is 0.868 bits per heavy atom. The molecule has 1 saturated heterocycles. The number of carbonyl (C=O) groups excluding carboxylic acids is 2. The van der Waals surface area contributed by atoms with Crippen LogP contribution in [0, 0.1) is 0 Å². The van der Waals surface area contributed by atoms with Crippen LogP contribution in [0.3, 0.4) is 0 Å². The Labute approximate surface area is 224 Å². The Hall–Kier alpha value is -4.06. The number of ketones is 1. The van der Waals surface area contributed by atoms with Crippen LogP contribution in [0.1, 0.15) is 68.8 Å². The van der Waals surface area contributed by atoms with Gasteiger partial charge in [0.1, 0.15) is 5.76 Å². The first-order chi connectivity index (χ1) is 18.0. The normalized spacial score (nSPS) is 17.3. The molecular formula is C32H35NO5. The molecule has 0 saturated carbocycles. The third-order valence-electron chi connectivity index (χ3n) is 7.03. The van der Waals surface area contributed by atoms with Crippen molar-refractivity contribution in [3.63, 3.8) is 0 Å². The van der Waals surface area contributed by atoms with Gasteiger partial charge in [0.2, 0.25) is 0 Å². The van der Waals surface area contributed by atoms with E-state index in [0.29, 0.717) is 28.7 Å². The van der Waals surface area contributed by atoms with Gasteiger partial charge in [0.15, 0.2) is 11.5 Å². The van der Waals surface area contributed by atoms with E-state index in [1.54, 1.807) is 18.2 Å². The Morgan fingerprint density at radius 3 is 2.00 bits per heavy atom. The van der Waals surface area contributed by atoms with Gasteiger partial charge in [0, 0.05) is 11.3 Å². The van der Waals surface area contributed by atoms with Crippen LogP contribution in [0.5, 0.6) is 11.5 Å². The summed E-state index contributed by atoms with van der Waals surface area (Å²) in [5.41, 5.74) is 3.89. The predicted octanol–water partition coefficient (Wildman–Crippen LogP) is 6.75. The zero-order valence-corrected chi connectivity index (χ0v) is 23.0. The Morgan fingerprint density at radius 2 is 1.47 bits per heavy atom. The zero-order valence-electron chi connectivity index (χ0n) is 23.0. The van der Waals surface area contributed by atoms with Gasteiger partial charge >= 0.3 is 0 Å². The largest absolute Gasteiger partial charge is 0.507 e. The van der Waals surface area contributed by atoms with Crippen molar-refractivity contribution in [1.82, 2.24) is 0 Å². The third-order valence-corrected chi connectivity index (χ3v) is 7.03. The summed E-state index contributed by atoms with van der Waals surface area (Å²) in [6.07, 6.45) is 0. The minimum absolute atomic E-state index is 0.0265. The van der Waals surface area contributed by atoms with E-state index in [0.717, 1.165) is 16.7 Å². The van der Waals surface area contributed by atoms with Crippen LogP contribution in [0.4, 0.5) is 5.69 Å². The molecule has 0 aliphatic carbocycles. The molecule has 1 N–H and O–H groups in total. The molecule has 0 bridgehead atoms. The number of aliphatic hydroxyl groups excluding tert-OH is 1. The number of amides is 1. The maximum atomic E-state index is 13.5. The van der Waals surface area contributed by atoms with Gasteiger partial charge in [-0.1, -0.05) is 71.0 Å². The Bertz CT molecular complexity index is 1380. The van der Waals surface area contributed by atoms with Gasteiger partial charge in [0.25, 0.3) is 11.7 Å². The van der Waals surface area contributed by atoms with E-state index < -0.39 is 17.7 Å². The fraction of sp³-hybridized carbons (Fsp3) is 0.312. The molecule has 1 atom stereocenters. The first kappa shape index (κ1) is 27.0.